The highest BCUT2D eigenvalue weighted by molar-refractivity contribution is 7.85. The molecule has 9 aromatic carbocycles. The number of imidazole rings is 1. The van der Waals surface area contributed by atoms with Crippen LogP contribution in [0.5, 0.6) is 0 Å². The van der Waals surface area contributed by atoms with E-state index in [2.05, 4.69) is 156 Å². The van der Waals surface area contributed by atoms with Gasteiger partial charge in [0.25, 0.3) is 0 Å². The van der Waals surface area contributed by atoms with Crippen molar-refractivity contribution in [3.63, 3.8) is 0 Å². The summed E-state index contributed by atoms with van der Waals surface area (Å²) in [6.45, 7) is 0. The van der Waals surface area contributed by atoms with E-state index in [1.165, 1.54) is 55.3 Å². The van der Waals surface area contributed by atoms with Crippen LogP contribution in [0.4, 0.5) is 0 Å². The van der Waals surface area contributed by atoms with E-state index < -0.39 is 12.6 Å². The molecule has 2 heterocycles. The second-order valence-electron chi connectivity index (χ2n) is 16.1. The summed E-state index contributed by atoms with van der Waals surface area (Å²) in [6, 6.07) is 75.5. The van der Waals surface area contributed by atoms with Gasteiger partial charge in [-0.1, -0.05) is 176 Å². The van der Waals surface area contributed by atoms with Crippen LogP contribution >= 0.6 is 7.14 Å². The Morgan fingerprint density at radius 1 is 0.383 bits per heavy atom. The van der Waals surface area contributed by atoms with Crippen LogP contribution in [0.25, 0.3) is 71.7 Å². The molecule has 60 heavy (non-hydrogen) atoms. The molecule has 0 bridgehead atoms. The Balaban J connectivity index is 1.08. The lowest BCUT2D eigenvalue weighted by atomic mass is 9.70. The van der Waals surface area contributed by atoms with Gasteiger partial charge in [0.2, 0.25) is 0 Å². The molecule has 0 amide bonds. The van der Waals surface area contributed by atoms with Gasteiger partial charge in [-0.05, 0) is 97.4 Å². The van der Waals surface area contributed by atoms with Gasteiger partial charge in [-0.3, -0.25) is 4.40 Å². The highest BCUT2D eigenvalue weighted by atomic mass is 31.2. The molecule has 3 nitrogen and oxygen atoms in total. The fourth-order valence-electron chi connectivity index (χ4n) is 10.7. The first-order valence-electron chi connectivity index (χ1n) is 20.6. The largest absolute Gasteiger partial charge is 0.309 e. The second kappa shape index (κ2) is 12.3. The molecular weight excluding hydrogens is 748 g/mol. The summed E-state index contributed by atoms with van der Waals surface area (Å²) in [5.41, 5.74) is 15.7. The molecule has 13 rings (SSSR count). The molecule has 0 saturated heterocycles. The zero-order valence-electron chi connectivity index (χ0n) is 32.5. The highest BCUT2D eigenvalue weighted by Gasteiger charge is 2.52. The van der Waals surface area contributed by atoms with E-state index in [-0.39, 0.29) is 0 Å². The Bertz CT molecular complexity index is 3550. The number of pyridine rings is 1. The van der Waals surface area contributed by atoms with Gasteiger partial charge in [-0.25, -0.2) is 4.98 Å². The van der Waals surface area contributed by atoms with Gasteiger partial charge in [0, 0.05) is 26.7 Å². The minimum absolute atomic E-state index is 0.622. The summed E-state index contributed by atoms with van der Waals surface area (Å²) in [7, 11) is -3.27. The highest BCUT2D eigenvalue weighted by Crippen LogP contribution is 2.63. The molecule has 0 N–H and O–H groups in total. The summed E-state index contributed by atoms with van der Waals surface area (Å²) in [5.74, 6) is 0. The van der Waals surface area contributed by atoms with E-state index in [1.807, 2.05) is 60.7 Å². The molecule has 11 aromatic rings. The standard InChI is InChI=1S/C56H35N2OP/c59-60(38-15-3-1-4-16-38,39-17-5-2-6-18-39)40-29-32-45-44-31-28-37(34-50(44)56(51(45)35-40)48-22-10-7-19-42(48)43-20-8-11-23-49(43)56)36-27-30-41-46-21-9-13-25-53(46)58-54-26-14-12-24-52(54)57-55(58)47(41)33-36/h1-35H. The maximum Gasteiger partial charge on any atom is 0.171 e. The monoisotopic (exact) mass is 782 g/mol. The van der Waals surface area contributed by atoms with E-state index >= 15 is 4.57 Å². The number of aromatic nitrogens is 2. The number of rotatable bonds is 4. The molecule has 280 valence electrons. The minimum atomic E-state index is -3.27. The number of nitrogens with zero attached hydrogens (tertiary/aromatic N) is 2. The number of hydrogen-bond acceptors (Lipinski definition) is 2. The van der Waals surface area contributed by atoms with Crippen molar-refractivity contribution in [2.75, 3.05) is 0 Å². The van der Waals surface area contributed by atoms with E-state index in [9.17, 15) is 0 Å². The zero-order chi connectivity index (χ0) is 39.6. The van der Waals surface area contributed by atoms with Crippen LogP contribution in [-0.4, -0.2) is 9.38 Å². The summed E-state index contributed by atoms with van der Waals surface area (Å²) in [5, 5.41) is 6.02. The van der Waals surface area contributed by atoms with Crippen molar-refractivity contribution in [2.24, 2.45) is 0 Å². The molecule has 2 aliphatic carbocycles. The Labute approximate surface area is 347 Å². The zero-order valence-corrected chi connectivity index (χ0v) is 33.4. The maximum atomic E-state index is 16.0. The van der Waals surface area contributed by atoms with E-state index in [0.29, 0.717) is 0 Å². The van der Waals surface area contributed by atoms with Crippen molar-refractivity contribution in [1.82, 2.24) is 9.38 Å². The third-order valence-electron chi connectivity index (χ3n) is 13.3. The normalized spacial score (nSPS) is 13.5. The average molecular weight is 783 g/mol. The summed E-state index contributed by atoms with van der Waals surface area (Å²) in [6.07, 6.45) is 0. The molecule has 0 unspecified atom stereocenters. The molecule has 0 radical (unpaired) electrons. The fourth-order valence-corrected chi connectivity index (χ4v) is 13.4. The lowest BCUT2D eigenvalue weighted by molar-refractivity contribution is 0.592. The smallest absolute Gasteiger partial charge is 0.171 e. The van der Waals surface area contributed by atoms with Crippen LogP contribution < -0.4 is 15.9 Å². The Kier molecular flexibility index (Phi) is 6.92. The first-order chi connectivity index (χ1) is 29.6. The second-order valence-corrected chi connectivity index (χ2v) is 18.9. The van der Waals surface area contributed by atoms with Crippen molar-refractivity contribution >= 4 is 61.4 Å². The SMILES string of the molecule is O=P(c1ccccc1)(c1ccccc1)c1ccc2c(c1)C1(c3ccccc3-c3ccccc31)c1cc(-c3ccc4c5ccccc5n5c6ccccc6nc5c4c3)ccc1-2. The van der Waals surface area contributed by atoms with Crippen LogP contribution in [-0.2, 0) is 9.98 Å². The molecule has 1 spiro atoms. The number of fused-ring (bicyclic) bond motifs is 18. The molecule has 0 fully saturated rings. The van der Waals surface area contributed by atoms with Gasteiger partial charge in [-0.2, -0.15) is 0 Å². The van der Waals surface area contributed by atoms with Gasteiger partial charge >= 0.3 is 0 Å². The van der Waals surface area contributed by atoms with Gasteiger partial charge < -0.3 is 4.57 Å². The minimum Gasteiger partial charge on any atom is -0.309 e. The predicted octanol–water partition coefficient (Wildman–Crippen LogP) is 12.4. The first-order valence-corrected chi connectivity index (χ1v) is 22.3. The molecule has 0 aliphatic heterocycles. The van der Waals surface area contributed by atoms with Crippen LogP contribution in [0, 0.1) is 0 Å². The average Bonchev–Trinajstić information content (AvgIpc) is 3.96. The third kappa shape index (κ3) is 4.34. The predicted molar refractivity (Wildman–Crippen MR) is 249 cm³/mol. The molecule has 0 atom stereocenters. The van der Waals surface area contributed by atoms with Gasteiger partial charge in [-0.15, -0.1) is 0 Å². The summed E-state index contributed by atoms with van der Waals surface area (Å²) >= 11 is 0. The number of hydrogen-bond donors (Lipinski definition) is 0. The van der Waals surface area contributed by atoms with Crippen LogP contribution in [0.2, 0.25) is 0 Å². The third-order valence-corrected chi connectivity index (χ3v) is 16.3. The molecule has 0 saturated carbocycles. The van der Waals surface area contributed by atoms with Crippen molar-refractivity contribution in [3.05, 3.63) is 235 Å². The lowest BCUT2D eigenvalue weighted by Gasteiger charge is -2.31. The Morgan fingerprint density at radius 2 is 0.917 bits per heavy atom. The lowest BCUT2D eigenvalue weighted by Crippen LogP contribution is -2.29. The van der Waals surface area contributed by atoms with E-state index in [1.54, 1.807) is 0 Å². The number of para-hydroxylation sites is 3. The van der Waals surface area contributed by atoms with Gasteiger partial charge in [0.05, 0.1) is 22.0 Å². The first kappa shape index (κ1) is 33.6. The topological polar surface area (TPSA) is 34.4 Å². The summed E-state index contributed by atoms with van der Waals surface area (Å²) < 4.78 is 18.3. The van der Waals surface area contributed by atoms with Crippen molar-refractivity contribution in [2.45, 2.75) is 5.41 Å². The van der Waals surface area contributed by atoms with Crippen molar-refractivity contribution in [3.8, 4) is 33.4 Å². The Hall–Kier alpha value is -7.32. The molecule has 2 aromatic heterocycles. The Morgan fingerprint density at radius 3 is 1.63 bits per heavy atom. The fraction of sp³-hybridized carbons (Fsp3) is 0.0179. The molecular formula is C56H35N2OP. The van der Waals surface area contributed by atoms with E-state index in [0.717, 1.165) is 54.6 Å². The number of benzene rings is 9. The molecule has 4 heteroatoms. The van der Waals surface area contributed by atoms with E-state index in [4.69, 9.17) is 4.98 Å². The quantitative estimate of drug-likeness (QED) is 0.132. The summed E-state index contributed by atoms with van der Waals surface area (Å²) in [4.78, 5) is 5.23. The van der Waals surface area contributed by atoms with Crippen LogP contribution in [0.3, 0.4) is 0 Å². The van der Waals surface area contributed by atoms with Crippen molar-refractivity contribution < 1.29 is 4.57 Å². The maximum absolute atomic E-state index is 16.0. The van der Waals surface area contributed by atoms with Gasteiger partial charge in [0.1, 0.15) is 5.65 Å². The molecule has 2 aliphatic rings. The van der Waals surface area contributed by atoms with Crippen LogP contribution in [0.15, 0.2) is 212 Å². The van der Waals surface area contributed by atoms with Crippen molar-refractivity contribution in [1.29, 1.82) is 0 Å². The van der Waals surface area contributed by atoms with Crippen LogP contribution in [0.1, 0.15) is 22.3 Å². The van der Waals surface area contributed by atoms with Gasteiger partial charge in [0.15, 0.2) is 7.14 Å².